The molecule has 150 valence electrons. The van der Waals surface area contributed by atoms with Gasteiger partial charge in [0, 0.05) is 26.1 Å². The highest BCUT2D eigenvalue weighted by Gasteiger charge is 2.24. The summed E-state index contributed by atoms with van der Waals surface area (Å²) in [6.07, 6.45) is 3.81. The predicted molar refractivity (Wildman–Crippen MR) is 97.4 cm³/mol. The largest absolute Gasteiger partial charge is 0.465 e. The summed E-state index contributed by atoms with van der Waals surface area (Å²) >= 11 is 0. The molecule has 0 rings (SSSR count). The molecule has 0 aliphatic rings. The van der Waals surface area contributed by atoms with Gasteiger partial charge in [-0.25, -0.2) is 4.79 Å². The van der Waals surface area contributed by atoms with Crippen LogP contribution in [0.5, 0.6) is 0 Å². The van der Waals surface area contributed by atoms with E-state index < -0.39 is 30.0 Å². The van der Waals surface area contributed by atoms with Crippen molar-refractivity contribution in [2.24, 2.45) is 5.73 Å². The number of nitrogens with one attached hydrogen (secondary N) is 2. The molecule has 0 bridgehead atoms. The number of hydrogen-bond acceptors (Lipinski definition) is 4. The van der Waals surface area contributed by atoms with E-state index in [-0.39, 0.29) is 25.3 Å². The third-order valence-corrected chi connectivity index (χ3v) is 3.83. The van der Waals surface area contributed by atoms with Crippen molar-refractivity contribution in [3.63, 3.8) is 0 Å². The van der Waals surface area contributed by atoms with Crippen molar-refractivity contribution in [3.8, 4) is 0 Å². The van der Waals surface area contributed by atoms with E-state index in [2.05, 4.69) is 17.6 Å². The summed E-state index contributed by atoms with van der Waals surface area (Å²) in [7, 11) is 1.38. The van der Waals surface area contributed by atoms with Crippen molar-refractivity contribution >= 4 is 23.8 Å². The molecule has 0 radical (unpaired) electrons. The van der Waals surface area contributed by atoms with Gasteiger partial charge in [0.25, 0.3) is 0 Å². The fraction of sp³-hybridized carbons (Fsp3) is 0.765. The first-order valence-corrected chi connectivity index (χ1v) is 8.99. The summed E-state index contributed by atoms with van der Waals surface area (Å²) in [6.45, 7) is 3.82. The topological polar surface area (TPSA) is 142 Å². The van der Waals surface area contributed by atoms with Crippen LogP contribution in [0.15, 0.2) is 0 Å². The molecule has 0 saturated carbocycles. The van der Waals surface area contributed by atoms with E-state index in [1.54, 1.807) is 6.92 Å². The SMILES string of the molecule is CCCCCCCC(=O)N[C@H](CC(N)=O)C(=O)N[C@H](C)CN(C)C(=O)O. The molecule has 0 saturated heterocycles. The number of carbonyl (C=O) groups excluding carboxylic acids is 3. The molecular weight excluding hydrogens is 340 g/mol. The summed E-state index contributed by atoms with van der Waals surface area (Å²) in [5, 5.41) is 14.0. The lowest BCUT2D eigenvalue weighted by molar-refractivity contribution is -0.131. The van der Waals surface area contributed by atoms with Crippen LogP contribution in [-0.2, 0) is 14.4 Å². The molecule has 2 atom stereocenters. The fourth-order valence-corrected chi connectivity index (χ4v) is 2.44. The first kappa shape index (κ1) is 23.7. The van der Waals surface area contributed by atoms with Crippen molar-refractivity contribution in [2.45, 2.75) is 70.9 Å². The number of rotatable bonds is 13. The van der Waals surface area contributed by atoms with Crippen LogP contribution in [0.2, 0.25) is 0 Å². The van der Waals surface area contributed by atoms with Crippen molar-refractivity contribution in [1.29, 1.82) is 0 Å². The third-order valence-electron chi connectivity index (χ3n) is 3.83. The zero-order valence-electron chi connectivity index (χ0n) is 15.9. The van der Waals surface area contributed by atoms with Crippen LogP contribution >= 0.6 is 0 Å². The number of unbranched alkanes of at least 4 members (excludes halogenated alkanes) is 4. The molecule has 0 aliphatic carbocycles. The molecule has 0 fully saturated rings. The average Bonchev–Trinajstić information content (AvgIpc) is 2.53. The van der Waals surface area contributed by atoms with Gasteiger partial charge in [-0.2, -0.15) is 0 Å². The van der Waals surface area contributed by atoms with Gasteiger partial charge in [-0.1, -0.05) is 32.6 Å². The van der Waals surface area contributed by atoms with Crippen LogP contribution in [0.25, 0.3) is 0 Å². The lowest BCUT2D eigenvalue weighted by atomic mass is 10.1. The van der Waals surface area contributed by atoms with Crippen molar-refractivity contribution in [1.82, 2.24) is 15.5 Å². The van der Waals surface area contributed by atoms with E-state index >= 15 is 0 Å². The molecule has 0 aromatic carbocycles. The van der Waals surface area contributed by atoms with Crippen LogP contribution in [-0.4, -0.2) is 59.5 Å². The number of hydrogen-bond donors (Lipinski definition) is 4. The summed E-state index contributed by atoms with van der Waals surface area (Å²) in [4.78, 5) is 47.3. The van der Waals surface area contributed by atoms with Crippen molar-refractivity contribution in [2.75, 3.05) is 13.6 Å². The maximum Gasteiger partial charge on any atom is 0.407 e. The molecule has 0 heterocycles. The van der Waals surface area contributed by atoms with E-state index in [9.17, 15) is 19.2 Å². The maximum absolute atomic E-state index is 12.3. The zero-order valence-corrected chi connectivity index (χ0v) is 15.9. The van der Waals surface area contributed by atoms with Crippen molar-refractivity contribution in [3.05, 3.63) is 0 Å². The van der Waals surface area contributed by atoms with E-state index in [0.717, 1.165) is 37.0 Å². The number of nitrogens with two attached hydrogens (primary N) is 1. The minimum atomic E-state index is -1.11. The number of primary amides is 1. The predicted octanol–water partition coefficient (Wildman–Crippen LogP) is 0.822. The van der Waals surface area contributed by atoms with Crippen LogP contribution in [0, 0.1) is 0 Å². The number of carbonyl (C=O) groups is 4. The number of amides is 4. The Bertz CT molecular complexity index is 484. The first-order chi connectivity index (χ1) is 12.2. The van der Waals surface area contributed by atoms with Crippen LogP contribution in [0.4, 0.5) is 4.79 Å². The van der Waals surface area contributed by atoms with Crippen LogP contribution in [0.3, 0.4) is 0 Å². The van der Waals surface area contributed by atoms with Gasteiger partial charge in [-0.05, 0) is 13.3 Å². The molecule has 9 heteroatoms. The Labute approximate surface area is 154 Å². The van der Waals surface area contributed by atoms with Gasteiger partial charge >= 0.3 is 6.09 Å². The van der Waals surface area contributed by atoms with Gasteiger partial charge in [0.2, 0.25) is 17.7 Å². The molecule has 0 unspecified atom stereocenters. The summed E-state index contributed by atoms with van der Waals surface area (Å²) in [6, 6.07) is -1.54. The minimum absolute atomic E-state index is 0.0791. The molecule has 4 amide bonds. The van der Waals surface area contributed by atoms with E-state index in [0.29, 0.717) is 0 Å². The summed E-state index contributed by atoms with van der Waals surface area (Å²) < 4.78 is 0. The number of nitrogens with zero attached hydrogens (tertiary/aromatic N) is 1. The van der Waals surface area contributed by atoms with Gasteiger partial charge in [0.15, 0.2) is 0 Å². The first-order valence-electron chi connectivity index (χ1n) is 8.99. The third kappa shape index (κ3) is 11.3. The van der Waals surface area contributed by atoms with Gasteiger partial charge in [-0.15, -0.1) is 0 Å². The Morgan fingerprint density at radius 1 is 1.08 bits per heavy atom. The van der Waals surface area contributed by atoms with Gasteiger partial charge in [-0.3, -0.25) is 14.4 Å². The molecule has 0 aromatic rings. The van der Waals surface area contributed by atoms with Gasteiger partial charge < -0.3 is 26.4 Å². The highest BCUT2D eigenvalue weighted by atomic mass is 16.4. The second-order valence-electron chi connectivity index (χ2n) is 6.53. The fourth-order valence-electron chi connectivity index (χ4n) is 2.44. The van der Waals surface area contributed by atoms with E-state index in [1.807, 2.05) is 0 Å². The van der Waals surface area contributed by atoms with Gasteiger partial charge in [0.1, 0.15) is 6.04 Å². The Kier molecular flexibility index (Phi) is 11.8. The standard InChI is InChI=1S/C17H32N4O5/c1-4-5-6-7-8-9-15(23)20-13(10-14(18)22)16(24)19-12(2)11-21(3)17(25)26/h12-13H,4-11H2,1-3H3,(H2,18,22)(H,19,24)(H,20,23)(H,25,26)/t12-,13-/m1/s1. The number of carboxylic acid groups (broad SMARTS) is 1. The molecule has 9 nitrogen and oxygen atoms in total. The lowest BCUT2D eigenvalue weighted by Gasteiger charge is -2.23. The molecule has 0 aliphatic heterocycles. The molecule has 26 heavy (non-hydrogen) atoms. The molecule has 0 spiro atoms. The van der Waals surface area contributed by atoms with Crippen molar-refractivity contribution < 1.29 is 24.3 Å². The molecule has 5 N–H and O–H groups in total. The maximum atomic E-state index is 12.3. The average molecular weight is 372 g/mol. The van der Waals surface area contributed by atoms with Gasteiger partial charge in [0.05, 0.1) is 6.42 Å². The molecule has 0 aromatic heterocycles. The Balaban J connectivity index is 4.52. The lowest BCUT2D eigenvalue weighted by Crippen LogP contribution is -2.52. The van der Waals surface area contributed by atoms with E-state index in [4.69, 9.17) is 10.8 Å². The minimum Gasteiger partial charge on any atom is -0.465 e. The Morgan fingerprint density at radius 3 is 2.23 bits per heavy atom. The highest BCUT2D eigenvalue weighted by Crippen LogP contribution is 2.05. The quantitative estimate of drug-likeness (QED) is 0.354. The second kappa shape index (κ2) is 13.0. The summed E-state index contributed by atoms with van der Waals surface area (Å²) in [5.74, 6) is -1.57. The van der Waals surface area contributed by atoms with Crippen LogP contribution in [0.1, 0.15) is 58.8 Å². The Hall–Kier alpha value is -2.32. The normalized spacial score (nSPS) is 12.7. The smallest absolute Gasteiger partial charge is 0.407 e. The monoisotopic (exact) mass is 372 g/mol. The Morgan fingerprint density at radius 2 is 1.69 bits per heavy atom. The second-order valence-corrected chi connectivity index (χ2v) is 6.53. The van der Waals surface area contributed by atoms with Crippen LogP contribution < -0.4 is 16.4 Å². The molecular formula is C17H32N4O5. The van der Waals surface area contributed by atoms with E-state index in [1.165, 1.54) is 7.05 Å². The number of likely N-dealkylation sites (N-methyl/N-ethyl adjacent to an activating group) is 1. The zero-order chi connectivity index (χ0) is 20.1. The summed E-state index contributed by atoms with van der Waals surface area (Å²) in [5.41, 5.74) is 5.16. The highest BCUT2D eigenvalue weighted by molar-refractivity contribution is 5.91.